The second kappa shape index (κ2) is 9.97. The molecular formula is C25H26Cl2N4O4. The number of aromatic nitrogens is 1. The molecule has 1 aromatic heterocycles. The largest absolute Gasteiger partial charge is 0.352 e. The first-order valence-corrected chi connectivity index (χ1v) is 12.0. The Balaban J connectivity index is 1.56. The van der Waals surface area contributed by atoms with Crippen LogP contribution >= 0.6 is 23.2 Å². The third-order valence-electron chi connectivity index (χ3n) is 6.07. The van der Waals surface area contributed by atoms with Gasteiger partial charge in [-0.05, 0) is 35.4 Å². The number of nitro groups is 1. The summed E-state index contributed by atoms with van der Waals surface area (Å²) in [5, 5.41) is 16.9. The Bertz CT molecular complexity index is 1170. The predicted octanol–water partition coefficient (Wildman–Crippen LogP) is 5.73. The Labute approximate surface area is 213 Å². The average Bonchev–Trinajstić information content (AvgIpc) is 3.28. The lowest BCUT2D eigenvalue weighted by Crippen LogP contribution is -2.50. The zero-order valence-corrected chi connectivity index (χ0v) is 21.2. The Morgan fingerprint density at radius 2 is 1.46 bits per heavy atom. The van der Waals surface area contributed by atoms with E-state index in [4.69, 9.17) is 27.7 Å². The van der Waals surface area contributed by atoms with E-state index in [9.17, 15) is 14.9 Å². The van der Waals surface area contributed by atoms with Crippen molar-refractivity contribution in [1.29, 1.82) is 0 Å². The molecule has 1 aliphatic rings. The van der Waals surface area contributed by atoms with Crippen molar-refractivity contribution in [3.05, 3.63) is 91.3 Å². The van der Waals surface area contributed by atoms with Crippen LogP contribution in [-0.2, 0) is 5.41 Å². The Kier molecular flexibility index (Phi) is 7.17. The summed E-state index contributed by atoms with van der Waals surface area (Å²) in [6.07, 6.45) is 0. The van der Waals surface area contributed by atoms with Gasteiger partial charge >= 0.3 is 5.69 Å². The highest BCUT2D eigenvalue weighted by Crippen LogP contribution is 2.35. The monoisotopic (exact) mass is 516 g/mol. The van der Waals surface area contributed by atoms with E-state index in [1.54, 1.807) is 25.7 Å². The van der Waals surface area contributed by atoms with E-state index in [0.717, 1.165) is 11.1 Å². The molecular weight excluding hydrogens is 491 g/mol. The minimum absolute atomic E-state index is 0.0596. The summed E-state index contributed by atoms with van der Waals surface area (Å²) in [5.74, 6) is -0.403. The van der Waals surface area contributed by atoms with Crippen LogP contribution in [0.25, 0.3) is 0 Å². The molecule has 1 aliphatic heterocycles. The van der Waals surface area contributed by atoms with Crippen LogP contribution in [0, 0.1) is 10.1 Å². The molecule has 8 nitrogen and oxygen atoms in total. The molecule has 1 saturated heterocycles. The number of hydrogen-bond donors (Lipinski definition) is 0. The van der Waals surface area contributed by atoms with Crippen molar-refractivity contribution in [3.63, 3.8) is 0 Å². The first kappa shape index (κ1) is 25.2. The highest BCUT2D eigenvalue weighted by molar-refractivity contribution is 6.30. The lowest BCUT2D eigenvalue weighted by Gasteiger charge is -2.39. The van der Waals surface area contributed by atoms with E-state index in [-0.39, 0.29) is 23.2 Å². The van der Waals surface area contributed by atoms with Crippen LogP contribution in [0.2, 0.25) is 10.0 Å². The molecule has 3 aromatic rings. The van der Waals surface area contributed by atoms with E-state index in [2.05, 4.69) is 10.1 Å². The molecule has 0 spiro atoms. The third kappa shape index (κ3) is 5.34. The van der Waals surface area contributed by atoms with Crippen LogP contribution in [0.5, 0.6) is 0 Å². The van der Waals surface area contributed by atoms with E-state index in [1.165, 1.54) is 0 Å². The number of carbonyl (C=O) groups is 1. The Morgan fingerprint density at radius 1 is 0.971 bits per heavy atom. The van der Waals surface area contributed by atoms with Crippen molar-refractivity contribution < 1.29 is 14.2 Å². The van der Waals surface area contributed by atoms with Gasteiger partial charge in [0, 0.05) is 41.6 Å². The fraction of sp³-hybridized carbons (Fsp3) is 0.360. The van der Waals surface area contributed by atoms with Crippen molar-refractivity contribution in [1.82, 2.24) is 15.0 Å². The molecule has 0 N–H and O–H groups in total. The van der Waals surface area contributed by atoms with Gasteiger partial charge in [0.15, 0.2) is 0 Å². The maximum absolute atomic E-state index is 13.2. The number of piperazine rings is 1. The number of hydrogen-bond acceptors (Lipinski definition) is 6. The first-order valence-electron chi connectivity index (χ1n) is 11.2. The summed E-state index contributed by atoms with van der Waals surface area (Å²) in [6.45, 7) is 7.26. The second-order valence-corrected chi connectivity index (χ2v) is 10.4. The molecule has 184 valence electrons. The van der Waals surface area contributed by atoms with Gasteiger partial charge in [0.05, 0.1) is 11.0 Å². The highest BCUT2D eigenvalue weighted by atomic mass is 35.5. The molecule has 2 aromatic carbocycles. The van der Waals surface area contributed by atoms with E-state index in [1.807, 2.05) is 48.5 Å². The van der Waals surface area contributed by atoms with Gasteiger partial charge in [0.25, 0.3) is 5.91 Å². The minimum Gasteiger partial charge on any atom is -0.352 e. The molecule has 0 bridgehead atoms. The molecule has 0 atom stereocenters. The van der Waals surface area contributed by atoms with Crippen LogP contribution in [0.3, 0.4) is 0 Å². The molecule has 0 aliphatic carbocycles. The molecule has 0 unspecified atom stereocenters. The highest BCUT2D eigenvalue weighted by Gasteiger charge is 2.40. The van der Waals surface area contributed by atoms with Crippen LogP contribution in [0.4, 0.5) is 5.69 Å². The molecule has 2 heterocycles. The molecule has 1 fully saturated rings. The summed E-state index contributed by atoms with van der Waals surface area (Å²) in [5.41, 5.74) is 0.874. The van der Waals surface area contributed by atoms with Gasteiger partial charge < -0.3 is 9.42 Å². The molecule has 10 heteroatoms. The molecule has 4 rings (SSSR count). The van der Waals surface area contributed by atoms with E-state index >= 15 is 0 Å². The van der Waals surface area contributed by atoms with Gasteiger partial charge in [0.2, 0.25) is 11.5 Å². The first-order chi connectivity index (χ1) is 16.6. The Morgan fingerprint density at radius 3 is 1.89 bits per heavy atom. The second-order valence-electron chi connectivity index (χ2n) is 9.55. The van der Waals surface area contributed by atoms with Crippen molar-refractivity contribution >= 4 is 34.8 Å². The fourth-order valence-corrected chi connectivity index (χ4v) is 4.58. The van der Waals surface area contributed by atoms with Crippen molar-refractivity contribution in [2.75, 3.05) is 26.2 Å². The van der Waals surface area contributed by atoms with E-state index < -0.39 is 16.2 Å². The minimum atomic E-state index is -0.656. The summed E-state index contributed by atoms with van der Waals surface area (Å²) in [6, 6.07) is 15.3. The number of carbonyl (C=O) groups excluding carboxylic acids is 1. The number of amides is 1. The molecule has 0 saturated carbocycles. The maximum Gasteiger partial charge on any atom is 0.345 e. The summed E-state index contributed by atoms with van der Waals surface area (Å²) < 4.78 is 5.26. The Hall–Kier alpha value is -2.94. The molecule has 0 radical (unpaired) electrons. The third-order valence-corrected chi connectivity index (χ3v) is 6.58. The smallest absolute Gasteiger partial charge is 0.345 e. The topological polar surface area (TPSA) is 92.7 Å². The van der Waals surface area contributed by atoms with Gasteiger partial charge in [-0.2, -0.15) is 0 Å². The normalized spacial score (nSPS) is 15.0. The van der Waals surface area contributed by atoms with Crippen molar-refractivity contribution in [2.45, 2.75) is 32.2 Å². The number of benzene rings is 2. The molecule has 35 heavy (non-hydrogen) atoms. The van der Waals surface area contributed by atoms with Crippen LogP contribution in [-0.4, -0.2) is 52.0 Å². The fourth-order valence-electron chi connectivity index (χ4n) is 4.32. The predicted molar refractivity (Wildman–Crippen MR) is 134 cm³/mol. The zero-order valence-electron chi connectivity index (χ0n) is 19.7. The van der Waals surface area contributed by atoms with Crippen molar-refractivity contribution in [2.24, 2.45) is 0 Å². The van der Waals surface area contributed by atoms with Crippen LogP contribution in [0.15, 0.2) is 53.1 Å². The van der Waals surface area contributed by atoms with E-state index in [0.29, 0.717) is 36.2 Å². The standard InChI is InChI=1S/C25H26Cl2N4O4/c1-25(2,3)23-22(31(33)34)20(28-35-23)24(32)30-14-12-29(13-15-30)21(16-4-8-18(26)9-5-16)17-6-10-19(27)11-7-17/h4-11,21H,12-15H2,1-3H3. The van der Waals surface area contributed by atoms with Crippen molar-refractivity contribution in [3.8, 4) is 0 Å². The van der Waals surface area contributed by atoms with Gasteiger partial charge in [-0.25, -0.2) is 0 Å². The van der Waals surface area contributed by atoms with Gasteiger partial charge in [-0.15, -0.1) is 0 Å². The summed E-state index contributed by atoms with van der Waals surface area (Å²) in [7, 11) is 0. The zero-order chi connectivity index (χ0) is 25.3. The number of rotatable bonds is 5. The van der Waals surface area contributed by atoms with Gasteiger partial charge in [-0.1, -0.05) is 73.4 Å². The lowest BCUT2D eigenvalue weighted by molar-refractivity contribution is -0.386. The molecule has 1 amide bonds. The van der Waals surface area contributed by atoms with Crippen LogP contribution in [0.1, 0.15) is 54.2 Å². The lowest BCUT2D eigenvalue weighted by atomic mass is 9.92. The number of nitrogens with zero attached hydrogens (tertiary/aromatic N) is 4. The van der Waals surface area contributed by atoms with Gasteiger partial charge in [0.1, 0.15) is 0 Å². The average molecular weight is 517 g/mol. The SMILES string of the molecule is CC(C)(C)c1onc(C(=O)N2CCN(C(c3ccc(Cl)cc3)c3ccc(Cl)cc3)CC2)c1[N+](=O)[O-]. The van der Waals surface area contributed by atoms with Gasteiger partial charge in [-0.3, -0.25) is 19.8 Å². The maximum atomic E-state index is 13.2. The number of halogens is 2. The summed E-state index contributed by atoms with van der Waals surface area (Å²) >= 11 is 12.2. The summed E-state index contributed by atoms with van der Waals surface area (Å²) in [4.78, 5) is 28.2. The van der Waals surface area contributed by atoms with Crippen LogP contribution < -0.4 is 0 Å². The quantitative estimate of drug-likeness (QED) is 0.317.